The summed E-state index contributed by atoms with van der Waals surface area (Å²) in [7, 11) is 0. The number of aromatic nitrogens is 1. The Hall–Kier alpha value is -2.68. The lowest BCUT2D eigenvalue weighted by atomic mass is 9.87. The van der Waals surface area contributed by atoms with Crippen molar-refractivity contribution >= 4 is 34.9 Å². The van der Waals surface area contributed by atoms with E-state index in [0.717, 1.165) is 0 Å². The van der Waals surface area contributed by atoms with Gasteiger partial charge in [-0.05, 0) is 37.1 Å². The number of nitrogens with two attached hydrogens (primary N) is 1. The third-order valence-electron chi connectivity index (χ3n) is 3.81. The van der Waals surface area contributed by atoms with Gasteiger partial charge >= 0.3 is 11.8 Å². The van der Waals surface area contributed by atoms with Crippen LogP contribution in [-0.2, 0) is 14.3 Å². The number of hydrogen-bond acceptors (Lipinski definition) is 7. The van der Waals surface area contributed by atoms with Gasteiger partial charge < -0.3 is 25.3 Å². The Morgan fingerprint density at radius 1 is 1.57 bits per heavy atom. The molecule has 3 rings (SSSR count). The van der Waals surface area contributed by atoms with Gasteiger partial charge in [-0.25, -0.2) is 4.79 Å². The van der Waals surface area contributed by atoms with Gasteiger partial charge in [0.1, 0.15) is 11.5 Å². The van der Waals surface area contributed by atoms with Crippen LogP contribution in [-0.4, -0.2) is 27.1 Å². The minimum atomic E-state index is -0.621. The van der Waals surface area contributed by atoms with Crippen LogP contribution < -0.4 is 5.73 Å². The fourth-order valence-corrected chi connectivity index (χ4v) is 3.27. The summed E-state index contributed by atoms with van der Waals surface area (Å²) in [4.78, 5) is 22.9. The first kappa shape index (κ1) is 15.2. The minimum Gasteiger partial charge on any atom is -0.463 e. The Morgan fingerprint density at radius 3 is 2.87 bits per heavy atom. The molecule has 120 valence electrons. The molecule has 23 heavy (non-hydrogen) atoms. The van der Waals surface area contributed by atoms with E-state index in [1.165, 1.54) is 10.6 Å². The van der Waals surface area contributed by atoms with Crippen LogP contribution in [0, 0.1) is 10.1 Å². The number of allylic oxidation sites excluding steroid dienone is 1. The quantitative estimate of drug-likeness (QED) is 0.388. The third-order valence-corrected chi connectivity index (χ3v) is 4.11. The highest BCUT2D eigenvalue weighted by Crippen LogP contribution is 2.47. The number of nitrogens with zero attached hydrogens (tertiary/aromatic N) is 2. The van der Waals surface area contributed by atoms with Gasteiger partial charge in [0.25, 0.3) is 0 Å². The highest BCUT2D eigenvalue weighted by molar-refractivity contribution is 7.80. The van der Waals surface area contributed by atoms with Crippen molar-refractivity contribution < 1.29 is 19.2 Å². The van der Waals surface area contributed by atoms with Crippen LogP contribution in [0.15, 0.2) is 29.0 Å². The number of hydrogen-bond donors (Lipinski definition) is 1. The van der Waals surface area contributed by atoms with Gasteiger partial charge in [-0.2, -0.15) is 4.57 Å². The Morgan fingerprint density at radius 2 is 2.26 bits per heavy atom. The van der Waals surface area contributed by atoms with Crippen LogP contribution in [0.4, 0.5) is 5.82 Å². The highest BCUT2D eigenvalue weighted by Gasteiger charge is 2.48. The maximum Gasteiger partial charge on any atom is 0.338 e. The zero-order chi connectivity index (χ0) is 16.9. The smallest absolute Gasteiger partial charge is 0.338 e. The molecule has 0 amide bonds. The molecule has 0 aromatic carbocycles. The summed E-state index contributed by atoms with van der Waals surface area (Å²) in [6.45, 7) is 3.49. The second-order valence-corrected chi connectivity index (χ2v) is 5.39. The van der Waals surface area contributed by atoms with E-state index in [0.29, 0.717) is 17.0 Å². The van der Waals surface area contributed by atoms with Crippen molar-refractivity contribution in [1.29, 1.82) is 0 Å². The minimum absolute atomic E-state index is 0.0981. The maximum atomic E-state index is 12.3. The molecule has 1 aromatic rings. The standard InChI is InChI=1S/C14H13N3O5S/c1-3-21-13(18)9-6(2)22-14(23)11-10(9)7-4-5-8(17(19)20)16(7)12(11)15/h4-5,10H,3,15H2,1-2H3. The first-order valence-corrected chi connectivity index (χ1v) is 7.25. The van der Waals surface area contributed by atoms with Crippen LogP contribution in [0.2, 0.25) is 0 Å². The van der Waals surface area contributed by atoms with E-state index in [2.05, 4.69) is 0 Å². The summed E-state index contributed by atoms with van der Waals surface area (Å²) in [5.74, 6) is -0.958. The summed E-state index contributed by atoms with van der Waals surface area (Å²) in [6, 6.07) is 2.90. The molecule has 1 aromatic heterocycles. The molecule has 0 bridgehead atoms. The van der Waals surface area contributed by atoms with E-state index in [-0.39, 0.29) is 28.9 Å². The molecule has 3 heterocycles. The van der Waals surface area contributed by atoms with Crippen LogP contribution >= 0.6 is 12.2 Å². The van der Waals surface area contributed by atoms with Crippen molar-refractivity contribution in [1.82, 2.24) is 4.57 Å². The molecular weight excluding hydrogens is 322 g/mol. The lowest BCUT2D eigenvalue weighted by Gasteiger charge is -2.24. The molecule has 1 unspecified atom stereocenters. The molecule has 8 nitrogen and oxygen atoms in total. The largest absolute Gasteiger partial charge is 0.463 e. The molecule has 0 saturated heterocycles. The number of thiocarbonyl (C=S) groups is 1. The van der Waals surface area contributed by atoms with Crippen molar-refractivity contribution in [2.75, 3.05) is 6.61 Å². The topological polar surface area (TPSA) is 110 Å². The molecule has 0 fully saturated rings. The predicted molar refractivity (Wildman–Crippen MR) is 84.2 cm³/mol. The Labute approximate surface area is 136 Å². The van der Waals surface area contributed by atoms with E-state index >= 15 is 0 Å². The molecule has 0 spiro atoms. The van der Waals surface area contributed by atoms with Crippen molar-refractivity contribution in [3.8, 4) is 0 Å². The molecule has 2 aliphatic rings. The first-order valence-electron chi connectivity index (χ1n) is 6.84. The van der Waals surface area contributed by atoms with Crippen molar-refractivity contribution in [3.05, 3.63) is 44.8 Å². The van der Waals surface area contributed by atoms with Gasteiger partial charge in [0.05, 0.1) is 23.7 Å². The summed E-state index contributed by atoms with van der Waals surface area (Å²) in [5, 5.41) is 11.3. The van der Waals surface area contributed by atoms with Crippen molar-refractivity contribution in [2.45, 2.75) is 19.8 Å². The summed E-state index contributed by atoms with van der Waals surface area (Å²) >= 11 is 5.19. The first-order chi connectivity index (χ1) is 10.9. The van der Waals surface area contributed by atoms with Crippen LogP contribution in [0.3, 0.4) is 0 Å². The van der Waals surface area contributed by atoms with Gasteiger partial charge in [0.15, 0.2) is 5.05 Å². The zero-order valence-electron chi connectivity index (χ0n) is 12.4. The summed E-state index contributed by atoms with van der Waals surface area (Å²) in [5.41, 5.74) is 7.19. The molecule has 0 saturated carbocycles. The molecular formula is C14H13N3O5S. The molecule has 1 atom stereocenters. The molecule has 0 radical (unpaired) electrons. The third kappa shape index (κ3) is 2.04. The maximum absolute atomic E-state index is 12.3. The zero-order valence-corrected chi connectivity index (χ0v) is 13.2. The SMILES string of the molecule is CCOC(=O)C1=C(C)OC(=S)C2=C(N)n3c(ccc3[N+](=O)[O-])C12. The van der Waals surface area contributed by atoms with Gasteiger partial charge in [0.2, 0.25) is 5.82 Å². The van der Waals surface area contributed by atoms with Gasteiger partial charge in [-0.1, -0.05) is 0 Å². The van der Waals surface area contributed by atoms with E-state index in [1.807, 2.05) is 0 Å². The number of carbonyl (C=O) groups is 1. The monoisotopic (exact) mass is 335 g/mol. The number of nitro groups is 1. The van der Waals surface area contributed by atoms with E-state index < -0.39 is 16.8 Å². The Bertz CT molecular complexity index is 820. The van der Waals surface area contributed by atoms with Crippen LogP contribution in [0.5, 0.6) is 0 Å². The molecule has 0 aliphatic carbocycles. The lowest BCUT2D eigenvalue weighted by Crippen LogP contribution is -2.26. The predicted octanol–water partition coefficient (Wildman–Crippen LogP) is 1.82. The summed E-state index contributed by atoms with van der Waals surface area (Å²) < 4.78 is 11.8. The Balaban J connectivity index is 2.24. The molecule has 9 heteroatoms. The summed E-state index contributed by atoms with van der Waals surface area (Å²) in [6.07, 6.45) is 0. The molecule has 2 N–H and O–H groups in total. The average molecular weight is 335 g/mol. The molecule has 2 aliphatic heterocycles. The van der Waals surface area contributed by atoms with Gasteiger partial charge in [-0.15, -0.1) is 0 Å². The fourth-order valence-electron chi connectivity index (χ4n) is 2.93. The number of fused-ring (bicyclic) bond motifs is 3. The number of rotatable bonds is 3. The van der Waals surface area contributed by atoms with E-state index in [1.54, 1.807) is 19.9 Å². The van der Waals surface area contributed by atoms with Crippen LogP contribution in [0.25, 0.3) is 5.82 Å². The van der Waals surface area contributed by atoms with Crippen molar-refractivity contribution in [2.24, 2.45) is 5.73 Å². The number of ether oxygens (including phenoxy) is 2. The second kappa shape index (κ2) is 5.20. The van der Waals surface area contributed by atoms with Crippen molar-refractivity contribution in [3.63, 3.8) is 0 Å². The fraction of sp³-hybridized carbons (Fsp3) is 0.286. The number of carbonyl (C=O) groups excluding carboxylic acids is 1. The Kier molecular flexibility index (Phi) is 3.44. The lowest BCUT2D eigenvalue weighted by molar-refractivity contribution is -0.390. The number of esters is 1. The van der Waals surface area contributed by atoms with Gasteiger partial charge in [0, 0.05) is 6.07 Å². The van der Waals surface area contributed by atoms with E-state index in [9.17, 15) is 14.9 Å². The second-order valence-electron chi connectivity index (χ2n) is 5.02. The highest BCUT2D eigenvalue weighted by atomic mass is 32.1. The average Bonchev–Trinajstić information content (AvgIpc) is 3.00. The normalized spacial score (nSPS) is 19.4. The van der Waals surface area contributed by atoms with Gasteiger partial charge in [-0.3, -0.25) is 0 Å². The van der Waals surface area contributed by atoms with Crippen LogP contribution in [0.1, 0.15) is 25.5 Å². The van der Waals surface area contributed by atoms with E-state index in [4.69, 9.17) is 27.4 Å².